The minimum atomic E-state index is 0.596. The van der Waals surface area contributed by atoms with Crippen LogP contribution < -0.4 is 5.32 Å². The fourth-order valence-electron chi connectivity index (χ4n) is 4.06. The highest BCUT2D eigenvalue weighted by Crippen LogP contribution is 2.51. The molecule has 1 heterocycles. The van der Waals surface area contributed by atoms with Gasteiger partial charge in [-0.3, -0.25) is 0 Å². The van der Waals surface area contributed by atoms with Gasteiger partial charge in [0.1, 0.15) is 0 Å². The first-order valence-corrected chi connectivity index (χ1v) is 9.19. The Morgan fingerprint density at radius 1 is 1.44 bits per heavy atom. The monoisotopic (exact) mass is 375 g/mol. The summed E-state index contributed by atoms with van der Waals surface area (Å²) in [6, 6.07) is 2.96. The zero-order valence-corrected chi connectivity index (χ0v) is 14.0. The molecule has 3 rings (SSSR count). The third-order valence-electron chi connectivity index (χ3n) is 4.86. The number of nitrogens with one attached hydrogen (secondary N) is 1. The van der Waals surface area contributed by atoms with Gasteiger partial charge in [0.2, 0.25) is 0 Å². The van der Waals surface area contributed by atoms with Gasteiger partial charge >= 0.3 is 0 Å². The first-order chi connectivity index (χ1) is 8.76. The first kappa shape index (κ1) is 13.4. The van der Waals surface area contributed by atoms with Crippen LogP contribution in [-0.2, 0) is 0 Å². The van der Waals surface area contributed by atoms with Crippen LogP contribution in [0.2, 0.25) is 0 Å². The summed E-state index contributed by atoms with van der Waals surface area (Å²) >= 11 is 4.31. The zero-order valence-electron chi connectivity index (χ0n) is 11.0. The van der Waals surface area contributed by atoms with E-state index in [9.17, 15) is 0 Å². The number of fused-ring (bicyclic) bond motifs is 2. The summed E-state index contributed by atoms with van der Waals surface area (Å²) in [6.45, 7) is 3.31. The van der Waals surface area contributed by atoms with E-state index < -0.39 is 0 Å². The summed E-state index contributed by atoms with van der Waals surface area (Å²) in [6.07, 6.45) is 7.43. The lowest BCUT2D eigenvalue weighted by atomic mass is 9.83. The summed E-state index contributed by atoms with van der Waals surface area (Å²) in [5.74, 6) is 3.11. The van der Waals surface area contributed by atoms with E-state index in [1.54, 1.807) is 0 Å². The Hall–Kier alpha value is 0.390. The number of rotatable bonds is 5. The minimum absolute atomic E-state index is 0.596. The minimum Gasteiger partial charge on any atom is -0.310 e. The maximum absolute atomic E-state index is 3.70. The van der Waals surface area contributed by atoms with Gasteiger partial charge in [0.05, 0.1) is 2.88 Å². The predicted molar refractivity (Wildman–Crippen MR) is 87.0 cm³/mol. The van der Waals surface area contributed by atoms with Crippen molar-refractivity contribution in [2.45, 2.75) is 45.1 Å². The van der Waals surface area contributed by atoms with Crippen molar-refractivity contribution in [3.05, 3.63) is 19.9 Å². The van der Waals surface area contributed by atoms with Gasteiger partial charge in [-0.25, -0.2) is 0 Å². The number of thiophene rings is 1. The van der Waals surface area contributed by atoms with Crippen LogP contribution in [0.4, 0.5) is 0 Å². The van der Waals surface area contributed by atoms with Gasteiger partial charge in [-0.05, 0) is 89.6 Å². The quantitative estimate of drug-likeness (QED) is 0.727. The average molecular weight is 375 g/mol. The molecule has 1 nitrogen and oxygen atoms in total. The molecule has 1 N–H and O–H groups in total. The van der Waals surface area contributed by atoms with Crippen LogP contribution in [0, 0.1) is 20.6 Å². The molecule has 2 bridgehead atoms. The molecule has 0 spiro atoms. The van der Waals surface area contributed by atoms with Crippen molar-refractivity contribution in [1.29, 1.82) is 0 Å². The Morgan fingerprint density at radius 2 is 2.33 bits per heavy atom. The summed E-state index contributed by atoms with van der Waals surface area (Å²) in [4.78, 5) is 0. The average Bonchev–Trinajstić information content (AvgIpc) is 3.04. The highest BCUT2D eigenvalue weighted by Gasteiger charge is 2.40. The zero-order chi connectivity index (χ0) is 12.5. The van der Waals surface area contributed by atoms with Crippen LogP contribution in [0.5, 0.6) is 0 Å². The molecule has 1 aromatic heterocycles. The Balaban J connectivity index is 1.67. The van der Waals surface area contributed by atoms with Crippen LogP contribution in [0.1, 0.15) is 50.6 Å². The van der Waals surface area contributed by atoms with E-state index in [0.29, 0.717) is 6.04 Å². The molecule has 0 aromatic carbocycles. The van der Waals surface area contributed by atoms with Crippen LogP contribution >= 0.6 is 33.9 Å². The molecule has 2 aliphatic carbocycles. The summed E-state index contributed by atoms with van der Waals surface area (Å²) in [5.41, 5.74) is 1.52. The molecule has 2 saturated carbocycles. The fourth-order valence-corrected chi connectivity index (χ4v) is 5.48. The van der Waals surface area contributed by atoms with Crippen LogP contribution in [0.15, 0.2) is 11.4 Å². The van der Waals surface area contributed by atoms with Crippen molar-refractivity contribution in [3.8, 4) is 0 Å². The topological polar surface area (TPSA) is 12.0 Å². The van der Waals surface area contributed by atoms with Crippen molar-refractivity contribution in [3.63, 3.8) is 0 Å². The van der Waals surface area contributed by atoms with E-state index >= 15 is 0 Å². The van der Waals surface area contributed by atoms with Crippen molar-refractivity contribution in [1.82, 2.24) is 5.32 Å². The maximum atomic E-state index is 3.70. The van der Waals surface area contributed by atoms with Gasteiger partial charge in [0.15, 0.2) is 0 Å². The third-order valence-corrected chi connectivity index (χ3v) is 6.67. The lowest BCUT2D eigenvalue weighted by Crippen LogP contribution is -2.25. The number of hydrogen-bond acceptors (Lipinski definition) is 2. The van der Waals surface area contributed by atoms with Crippen molar-refractivity contribution < 1.29 is 0 Å². The summed E-state index contributed by atoms with van der Waals surface area (Å²) in [7, 11) is 0. The molecule has 0 aliphatic heterocycles. The highest BCUT2D eigenvalue weighted by molar-refractivity contribution is 14.1. The molecule has 0 radical (unpaired) electrons. The fraction of sp³-hybridized carbons (Fsp3) is 0.733. The smallest absolute Gasteiger partial charge is 0.0656 e. The van der Waals surface area contributed by atoms with E-state index in [1.807, 2.05) is 11.3 Å². The van der Waals surface area contributed by atoms with Crippen molar-refractivity contribution in [2.24, 2.45) is 17.8 Å². The lowest BCUT2D eigenvalue weighted by molar-refractivity contribution is 0.281. The maximum Gasteiger partial charge on any atom is 0.0656 e. The standard InChI is InChI=1S/C15H22INS/c1-2-17-14(13-8-15(16)18-9-13)7-12-6-10-3-4-11(12)5-10/h8-12,14,17H,2-7H2,1H3. The number of halogens is 1. The molecule has 18 heavy (non-hydrogen) atoms. The van der Waals surface area contributed by atoms with E-state index in [4.69, 9.17) is 0 Å². The van der Waals surface area contributed by atoms with E-state index in [-0.39, 0.29) is 0 Å². The van der Waals surface area contributed by atoms with Crippen LogP contribution in [0.3, 0.4) is 0 Å². The van der Waals surface area contributed by atoms with E-state index in [1.165, 1.54) is 40.6 Å². The molecule has 1 aromatic rings. The molecule has 3 heteroatoms. The molecule has 4 unspecified atom stereocenters. The largest absolute Gasteiger partial charge is 0.310 e. The lowest BCUT2D eigenvalue weighted by Gasteiger charge is -2.27. The van der Waals surface area contributed by atoms with E-state index in [2.05, 4.69) is 46.3 Å². The van der Waals surface area contributed by atoms with Gasteiger partial charge in [-0.1, -0.05) is 13.3 Å². The van der Waals surface area contributed by atoms with E-state index in [0.717, 1.165) is 24.3 Å². The molecule has 4 atom stereocenters. The van der Waals surface area contributed by atoms with Gasteiger partial charge in [0.25, 0.3) is 0 Å². The van der Waals surface area contributed by atoms with Gasteiger partial charge < -0.3 is 5.32 Å². The summed E-state index contributed by atoms with van der Waals surface area (Å²) < 4.78 is 1.42. The second-order valence-corrected chi connectivity index (χ2v) is 8.77. The second kappa shape index (κ2) is 5.80. The first-order valence-electron chi connectivity index (χ1n) is 7.23. The summed E-state index contributed by atoms with van der Waals surface area (Å²) in [5, 5.41) is 6.05. The Bertz CT molecular complexity index is 403. The van der Waals surface area contributed by atoms with Gasteiger partial charge in [0, 0.05) is 6.04 Å². The molecular formula is C15H22INS. The predicted octanol–water partition coefficient (Wildman–Crippen LogP) is 4.83. The molecule has 0 saturated heterocycles. The third kappa shape index (κ3) is 2.78. The van der Waals surface area contributed by atoms with Gasteiger partial charge in [-0.2, -0.15) is 0 Å². The van der Waals surface area contributed by atoms with Crippen molar-refractivity contribution in [2.75, 3.05) is 6.54 Å². The normalized spacial score (nSPS) is 32.0. The van der Waals surface area contributed by atoms with Crippen LogP contribution in [0.25, 0.3) is 0 Å². The van der Waals surface area contributed by atoms with Gasteiger partial charge in [-0.15, -0.1) is 11.3 Å². The molecule has 100 valence electrons. The molecular weight excluding hydrogens is 353 g/mol. The molecule has 2 aliphatic rings. The van der Waals surface area contributed by atoms with Crippen molar-refractivity contribution >= 4 is 33.9 Å². The Labute approximate surface area is 128 Å². The highest BCUT2D eigenvalue weighted by atomic mass is 127. The Morgan fingerprint density at radius 3 is 2.89 bits per heavy atom. The number of hydrogen-bond donors (Lipinski definition) is 1. The molecule has 0 amide bonds. The van der Waals surface area contributed by atoms with Crippen LogP contribution in [-0.4, -0.2) is 6.54 Å². The molecule has 2 fully saturated rings. The SMILES string of the molecule is CCNC(CC1CC2CCC1C2)c1csc(I)c1. The Kier molecular flexibility index (Phi) is 4.31. The second-order valence-electron chi connectivity index (χ2n) is 5.97.